The SMILES string of the molecule is CO[C@@H]1CC(c2ncc[nH]2)N(Cc2nc3cc(Cl)ccc3n2C)C1. The molecular weight excluding hydrogens is 326 g/mol. The van der Waals surface area contributed by atoms with Gasteiger partial charge in [-0.25, -0.2) is 9.97 Å². The van der Waals surface area contributed by atoms with E-state index in [4.69, 9.17) is 21.3 Å². The van der Waals surface area contributed by atoms with Gasteiger partial charge in [0.1, 0.15) is 11.6 Å². The first-order chi connectivity index (χ1) is 11.7. The van der Waals surface area contributed by atoms with Gasteiger partial charge in [-0.1, -0.05) is 11.6 Å². The number of aryl methyl sites for hydroxylation is 1. The van der Waals surface area contributed by atoms with Crippen LogP contribution in [0.15, 0.2) is 30.6 Å². The first-order valence-corrected chi connectivity index (χ1v) is 8.40. The van der Waals surface area contributed by atoms with Gasteiger partial charge >= 0.3 is 0 Å². The van der Waals surface area contributed by atoms with Crippen LogP contribution in [0.5, 0.6) is 0 Å². The Balaban J connectivity index is 1.64. The van der Waals surface area contributed by atoms with Crippen LogP contribution in [0.1, 0.15) is 24.1 Å². The van der Waals surface area contributed by atoms with Crippen LogP contribution < -0.4 is 0 Å². The van der Waals surface area contributed by atoms with Gasteiger partial charge in [0.2, 0.25) is 0 Å². The zero-order valence-electron chi connectivity index (χ0n) is 13.7. The van der Waals surface area contributed by atoms with Crippen LogP contribution in [-0.4, -0.2) is 44.2 Å². The molecule has 1 unspecified atom stereocenters. The molecule has 4 rings (SSSR count). The number of methoxy groups -OCH3 is 1. The summed E-state index contributed by atoms with van der Waals surface area (Å²) >= 11 is 6.09. The first kappa shape index (κ1) is 15.6. The molecule has 126 valence electrons. The molecule has 0 aliphatic carbocycles. The fourth-order valence-corrected chi connectivity index (χ4v) is 3.66. The Morgan fingerprint density at radius 3 is 3.04 bits per heavy atom. The number of nitrogens with one attached hydrogen (secondary N) is 1. The second-order valence-corrected chi connectivity index (χ2v) is 6.67. The van der Waals surface area contributed by atoms with Gasteiger partial charge in [-0.15, -0.1) is 0 Å². The van der Waals surface area contributed by atoms with E-state index in [-0.39, 0.29) is 12.1 Å². The largest absolute Gasteiger partial charge is 0.380 e. The lowest BCUT2D eigenvalue weighted by Crippen LogP contribution is -2.26. The van der Waals surface area contributed by atoms with Crippen molar-refractivity contribution in [3.05, 3.63) is 47.3 Å². The quantitative estimate of drug-likeness (QED) is 0.790. The van der Waals surface area contributed by atoms with Crippen molar-refractivity contribution in [3.8, 4) is 0 Å². The van der Waals surface area contributed by atoms with Gasteiger partial charge in [-0.05, 0) is 24.6 Å². The van der Waals surface area contributed by atoms with Gasteiger partial charge in [-0.3, -0.25) is 4.90 Å². The molecule has 0 radical (unpaired) electrons. The fourth-order valence-electron chi connectivity index (χ4n) is 3.50. The van der Waals surface area contributed by atoms with Crippen molar-refractivity contribution in [2.75, 3.05) is 13.7 Å². The molecule has 24 heavy (non-hydrogen) atoms. The van der Waals surface area contributed by atoms with E-state index >= 15 is 0 Å². The highest BCUT2D eigenvalue weighted by molar-refractivity contribution is 6.31. The van der Waals surface area contributed by atoms with Crippen molar-refractivity contribution in [3.63, 3.8) is 0 Å². The Morgan fingerprint density at radius 2 is 2.29 bits per heavy atom. The van der Waals surface area contributed by atoms with Crippen LogP contribution in [0.4, 0.5) is 0 Å². The van der Waals surface area contributed by atoms with Crippen molar-refractivity contribution >= 4 is 22.6 Å². The molecule has 1 aromatic carbocycles. The van der Waals surface area contributed by atoms with E-state index in [2.05, 4.69) is 19.4 Å². The number of fused-ring (bicyclic) bond motifs is 1. The predicted molar refractivity (Wildman–Crippen MR) is 92.9 cm³/mol. The van der Waals surface area contributed by atoms with E-state index < -0.39 is 0 Å². The molecule has 1 aliphatic heterocycles. The molecule has 0 amide bonds. The topological polar surface area (TPSA) is 59.0 Å². The number of rotatable bonds is 4. The highest BCUT2D eigenvalue weighted by atomic mass is 35.5. The monoisotopic (exact) mass is 345 g/mol. The standard InChI is InChI=1S/C17H20ClN5O/c1-22-14-4-3-11(18)7-13(14)21-16(22)10-23-9-12(24-2)8-15(23)17-19-5-6-20-17/h3-7,12,15H,8-10H2,1-2H3,(H,19,20)/t12-,15?/m1/s1. The minimum Gasteiger partial charge on any atom is -0.380 e. The summed E-state index contributed by atoms with van der Waals surface area (Å²) < 4.78 is 7.71. The molecule has 0 saturated carbocycles. The van der Waals surface area contributed by atoms with Crippen LogP contribution in [0.25, 0.3) is 11.0 Å². The highest BCUT2D eigenvalue weighted by Gasteiger charge is 2.35. The Kier molecular flexibility index (Phi) is 4.04. The fraction of sp³-hybridized carbons (Fsp3) is 0.412. The summed E-state index contributed by atoms with van der Waals surface area (Å²) in [5.41, 5.74) is 2.02. The molecule has 1 fully saturated rings. The summed E-state index contributed by atoms with van der Waals surface area (Å²) in [4.78, 5) is 14.8. The van der Waals surface area contributed by atoms with E-state index in [0.717, 1.165) is 42.2 Å². The Morgan fingerprint density at radius 1 is 1.42 bits per heavy atom. The van der Waals surface area contributed by atoms with Crippen molar-refractivity contribution in [2.45, 2.75) is 25.1 Å². The lowest BCUT2D eigenvalue weighted by atomic mass is 10.2. The van der Waals surface area contributed by atoms with Gasteiger partial charge in [0.15, 0.2) is 0 Å². The maximum absolute atomic E-state index is 6.09. The van der Waals surface area contributed by atoms with Gasteiger partial charge in [0, 0.05) is 38.1 Å². The lowest BCUT2D eigenvalue weighted by Gasteiger charge is -2.22. The number of hydrogen-bond acceptors (Lipinski definition) is 4. The van der Waals surface area contributed by atoms with Gasteiger partial charge in [-0.2, -0.15) is 0 Å². The van der Waals surface area contributed by atoms with Gasteiger partial charge < -0.3 is 14.3 Å². The van der Waals surface area contributed by atoms with Crippen LogP contribution in [0.3, 0.4) is 0 Å². The molecule has 6 nitrogen and oxygen atoms in total. The van der Waals surface area contributed by atoms with Crippen molar-refractivity contribution in [2.24, 2.45) is 7.05 Å². The number of H-pyrrole nitrogens is 1. The summed E-state index contributed by atoms with van der Waals surface area (Å²) in [5.74, 6) is 2.00. The number of ether oxygens (including phenoxy) is 1. The number of imidazole rings is 2. The second kappa shape index (κ2) is 6.20. The van der Waals surface area contributed by atoms with Crippen LogP contribution in [0.2, 0.25) is 5.02 Å². The van der Waals surface area contributed by atoms with Crippen molar-refractivity contribution < 1.29 is 4.74 Å². The summed E-state index contributed by atoms with van der Waals surface area (Å²) in [6.07, 6.45) is 4.80. The summed E-state index contributed by atoms with van der Waals surface area (Å²) in [6.45, 7) is 1.61. The molecule has 7 heteroatoms. The molecule has 3 heterocycles. The molecule has 0 bridgehead atoms. The number of aromatic nitrogens is 4. The number of halogens is 1. The summed E-state index contributed by atoms with van der Waals surface area (Å²) in [5, 5.41) is 0.709. The predicted octanol–water partition coefficient (Wildman–Crippen LogP) is 2.91. The molecule has 1 saturated heterocycles. The minimum atomic E-state index is 0.212. The summed E-state index contributed by atoms with van der Waals surface area (Å²) in [6, 6.07) is 6.04. The summed E-state index contributed by atoms with van der Waals surface area (Å²) in [7, 11) is 3.81. The average molecular weight is 346 g/mol. The molecule has 2 aromatic heterocycles. The maximum Gasteiger partial charge on any atom is 0.123 e. The third-order valence-electron chi connectivity index (χ3n) is 4.81. The number of benzene rings is 1. The molecule has 0 spiro atoms. The van der Waals surface area contributed by atoms with Crippen LogP contribution >= 0.6 is 11.6 Å². The van der Waals surface area contributed by atoms with E-state index in [9.17, 15) is 0 Å². The van der Waals surface area contributed by atoms with Crippen LogP contribution in [0, 0.1) is 0 Å². The number of hydrogen-bond donors (Lipinski definition) is 1. The average Bonchev–Trinajstić information content (AvgIpc) is 3.28. The minimum absolute atomic E-state index is 0.212. The third kappa shape index (κ3) is 2.70. The number of nitrogens with zero attached hydrogens (tertiary/aromatic N) is 4. The van der Waals surface area contributed by atoms with E-state index in [1.165, 1.54) is 0 Å². The Hall–Kier alpha value is -1.89. The molecule has 2 atom stereocenters. The normalized spacial score (nSPS) is 21.8. The van der Waals surface area contributed by atoms with Crippen LogP contribution in [-0.2, 0) is 18.3 Å². The Labute approximate surface area is 145 Å². The van der Waals surface area contributed by atoms with Crippen molar-refractivity contribution in [1.29, 1.82) is 0 Å². The zero-order chi connectivity index (χ0) is 16.7. The number of likely N-dealkylation sites (tertiary alicyclic amines) is 1. The lowest BCUT2D eigenvalue weighted by molar-refractivity contribution is 0.107. The smallest absolute Gasteiger partial charge is 0.123 e. The van der Waals surface area contributed by atoms with E-state index in [1.54, 1.807) is 13.3 Å². The highest BCUT2D eigenvalue weighted by Crippen LogP contribution is 2.33. The Bertz CT molecular complexity index is 844. The second-order valence-electron chi connectivity index (χ2n) is 6.23. The third-order valence-corrected chi connectivity index (χ3v) is 5.05. The molecule has 1 aliphatic rings. The van der Waals surface area contributed by atoms with Gasteiger partial charge in [0.05, 0.1) is 29.7 Å². The molecule has 3 aromatic rings. The number of aromatic amines is 1. The molecule has 1 N–H and O–H groups in total. The zero-order valence-corrected chi connectivity index (χ0v) is 14.5. The van der Waals surface area contributed by atoms with Gasteiger partial charge in [0.25, 0.3) is 0 Å². The molecular formula is C17H20ClN5O. The first-order valence-electron chi connectivity index (χ1n) is 8.02. The van der Waals surface area contributed by atoms with E-state index in [1.807, 2.05) is 31.4 Å². The van der Waals surface area contributed by atoms with E-state index in [0.29, 0.717) is 5.02 Å². The van der Waals surface area contributed by atoms with Crippen molar-refractivity contribution in [1.82, 2.24) is 24.4 Å². The maximum atomic E-state index is 6.09.